The minimum absolute atomic E-state index is 0.341. The molecule has 0 aromatic carbocycles. The van der Waals surface area contributed by atoms with Gasteiger partial charge in [-0.2, -0.15) is 0 Å². The van der Waals surface area contributed by atoms with Gasteiger partial charge in [-0.3, -0.25) is 0 Å². The van der Waals surface area contributed by atoms with Gasteiger partial charge in [0.15, 0.2) is 0 Å². The van der Waals surface area contributed by atoms with Gasteiger partial charge < -0.3 is 4.98 Å². The van der Waals surface area contributed by atoms with E-state index in [1.165, 1.54) is 30.5 Å². The molecule has 0 aliphatic heterocycles. The van der Waals surface area contributed by atoms with Gasteiger partial charge in [-0.15, -0.1) is 0 Å². The normalized spacial score (nSPS) is 10.8. The predicted octanol–water partition coefficient (Wildman–Crippen LogP) is 4.82. The lowest BCUT2D eigenvalue weighted by Gasteiger charge is -2.26. The lowest BCUT2D eigenvalue weighted by Crippen LogP contribution is -2.20. The maximum Gasteiger partial charge on any atom is 0.0236 e. The van der Waals surface area contributed by atoms with E-state index in [1.54, 1.807) is 0 Å². The largest absolute Gasteiger partial charge is 0.364 e. The van der Waals surface area contributed by atoms with Gasteiger partial charge in [0.05, 0.1) is 0 Å². The van der Waals surface area contributed by atoms with Crippen LogP contribution in [0.1, 0.15) is 65.1 Å². The number of aryl methyl sites for hydroxylation is 1. The smallest absolute Gasteiger partial charge is 0.0236 e. The second-order valence-electron chi connectivity index (χ2n) is 4.51. The molecule has 0 saturated heterocycles. The van der Waals surface area contributed by atoms with Gasteiger partial charge in [-0.1, -0.05) is 41.0 Å². The van der Waals surface area contributed by atoms with E-state index in [-0.39, 0.29) is 0 Å². The average Bonchev–Trinajstić information content (AvgIpc) is 2.65. The molecule has 0 atom stereocenters. The molecule has 1 N–H and O–H groups in total. The van der Waals surface area contributed by atoms with Crippen LogP contribution >= 0.6 is 0 Å². The Bertz CT molecular complexity index is 256. The third kappa shape index (κ3) is 3.73. The minimum atomic E-state index is 0.341. The maximum absolute atomic E-state index is 3.35. The number of H-pyrrole nitrogens is 1. The van der Waals surface area contributed by atoms with E-state index in [0.717, 1.165) is 0 Å². The molecular formula is C14H27N. The molecule has 0 radical (unpaired) electrons. The van der Waals surface area contributed by atoms with Crippen molar-refractivity contribution in [3.63, 3.8) is 0 Å². The molecule has 0 bridgehead atoms. The second-order valence-corrected chi connectivity index (χ2v) is 4.51. The molecule has 88 valence electrons. The van der Waals surface area contributed by atoms with Crippen LogP contribution in [0.2, 0.25) is 0 Å². The summed E-state index contributed by atoms with van der Waals surface area (Å²) in [7, 11) is 0. The van der Waals surface area contributed by atoms with Crippen LogP contribution in [0.3, 0.4) is 0 Å². The van der Waals surface area contributed by atoms with Crippen LogP contribution < -0.4 is 0 Å². The molecule has 0 aliphatic carbocycles. The average molecular weight is 209 g/mol. The van der Waals surface area contributed by atoms with Crippen molar-refractivity contribution in [2.75, 3.05) is 0 Å². The highest BCUT2D eigenvalue weighted by molar-refractivity contribution is 5.26. The maximum atomic E-state index is 3.35. The molecule has 0 fully saturated rings. The first kappa shape index (κ1) is 14.3. The summed E-state index contributed by atoms with van der Waals surface area (Å²) in [6.45, 7) is 13.3. The Morgan fingerprint density at radius 3 is 1.87 bits per heavy atom. The highest BCUT2D eigenvalue weighted by Gasteiger charge is 2.24. The summed E-state index contributed by atoms with van der Waals surface area (Å²) in [4.78, 5) is 3.35. The summed E-state index contributed by atoms with van der Waals surface area (Å²) in [5, 5.41) is 0. The molecule has 1 rings (SSSR count). The fourth-order valence-electron chi connectivity index (χ4n) is 1.70. The van der Waals surface area contributed by atoms with Crippen molar-refractivity contribution in [1.82, 2.24) is 4.98 Å². The van der Waals surface area contributed by atoms with Crippen LogP contribution in [-0.4, -0.2) is 4.98 Å². The molecule has 1 aromatic rings. The van der Waals surface area contributed by atoms with E-state index >= 15 is 0 Å². The fraction of sp³-hybridized carbons (Fsp3) is 0.714. The van der Waals surface area contributed by atoms with Crippen molar-refractivity contribution in [3.05, 3.63) is 23.5 Å². The lowest BCUT2D eigenvalue weighted by atomic mass is 9.80. The molecule has 1 heteroatoms. The van der Waals surface area contributed by atoms with E-state index in [1.807, 2.05) is 6.20 Å². The van der Waals surface area contributed by atoms with Crippen molar-refractivity contribution in [2.24, 2.45) is 0 Å². The van der Waals surface area contributed by atoms with Crippen molar-refractivity contribution < 1.29 is 0 Å². The van der Waals surface area contributed by atoms with Crippen LogP contribution in [0.15, 0.2) is 12.3 Å². The number of aromatic nitrogens is 1. The summed E-state index contributed by atoms with van der Waals surface area (Å²) in [6, 6.07) is 2.15. The third-order valence-corrected chi connectivity index (χ3v) is 3.12. The number of hydrogen-bond acceptors (Lipinski definition) is 0. The van der Waals surface area contributed by atoms with Crippen LogP contribution in [0.4, 0.5) is 0 Å². The number of rotatable bonds is 3. The first-order valence-electron chi connectivity index (χ1n) is 6.20. The lowest BCUT2D eigenvalue weighted by molar-refractivity contribution is 0.426. The van der Waals surface area contributed by atoms with Crippen LogP contribution in [0, 0.1) is 6.92 Å². The number of aromatic amines is 1. The van der Waals surface area contributed by atoms with E-state index in [9.17, 15) is 0 Å². The van der Waals surface area contributed by atoms with E-state index in [2.05, 4.69) is 52.6 Å². The van der Waals surface area contributed by atoms with Gasteiger partial charge in [-0.25, -0.2) is 0 Å². The Labute approximate surface area is 95.3 Å². The minimum Gasteiger partial charge on any atom is -0.364 e. The molecule has 1 aromatic heterocycles. The van der Waals surface area contributed by atoms with Crippen molar-refractivity contribution in [3.8, 4) is 0 Å². The fourth-order valence-corrected chi connectivity index (χ4v) is 1.70. The summed E-state index contributed by atoms with van der Waals surface area (Å²) < 4.78 is 0. The Hall–Kier alpha value is -0.720. The first-order chi connectivity index (χ1) is 7.05. The Kier molecular flexibility index (Phi) is 6.38. The number of nitrogens with one attached hydrogen (secondary N) is 1. The van der Waals surface area contributed by atoms with Gasteiger partial charge in [0.25, 0.3) is 0 Å². The Morgan fingerprint density at radius 2 is 1.60 bits per heavy atom. The molecule has 0 unspecified atom stereocenters. The van der Waals surface area contributed by atoms with Crippen LogP contribution in [0.25, 0.3) is 0 Å². The molecular weight excluding hydrogens is 182 g/mol. The highest BCUT2D eigenvalue weighted by atomic mass is 14.7. The molecule has 0 saturated carbocycles. The van der Waals surface area contributed by atoms with Gasteiger partial charge >= 0.3 is 0 Å². The van der Waals surface area contributed by atoms with Gasteiger partial charge in [0, 0.05) is 17.3 Å². The quantitative estimate of drug-likeness (QED) is 0.734. The molecule has 15 heavy (non-hydrogen) atoms. The van der Waals surface area contributed by atoms with Crippen molar-refractivity contribution in [1.29, 1.82) is 0 Å². The molecule has 1 nitrogen and oxygen atoms in total. The van der Waals surface area contributed by atoms with Gasteiger partial charge in [0.2, 0.25) is 0 Å². The monoisotopic (exact) mass is 209 g/mol. The van der Waals surface area contributed by atoms with Crippen molar-refractivity contribution >= 4 is 0 Å². The van der Waals surface area contributed by atoms with Crippen LogP contribution in [-0.2, 0) is 5.41 Å². The zero-order valence-corrected chi connectivity index (χ0v) is 11.3. The zero-order chi connectivity index (χ0) is 11.9. The Balaban J connectivity index is 0.000000583. The standard InChI is InChI=1S/C11H19N.C3H8/c1-5-11(4,6-2)10-9(3)7-8-12-10;1-3-2/h7-8,12H,5-6H2,1-4H3;3H2,1-2H3. The summed E-state index contributed by atoms with van der Waals surface area (Å²) in [5.41, 5.74) is 3.14. The topological polar surface area (TPSA) is 15.8 Å². The van der Waals surface area contributed by atoms with Gasteiger partial charge in [-0.05, 0) is 31.4 Å². The summed E-state index contributed by atoms with van der Waals surface area (Å²) >= 11 is 0. The van der Waals surface area contributed by atoms with Crippen LogP contribution in [0.5, 0.6) is 0 Å². The summed E-state index contributed by atoms with van der Waals surface area (Å²) in [6.07, 6.45) is 5.68. The Morgan fingerprint density at radius 1 is 1.13 bits per heavy atom. The third-order valence-electron chi connectivity index (χ3n) is 3.12. The molecule has 1 heterocycles. The SMILES string of the molecule is CCC.CCC(C)(CC)c1[nH]ccc1C. The van der Waals surface area contributed by atoms with E-state index in [0.29, 0.717) is 5.41 Å². The number of hydrogen-bond donors (Lipinski definition) is 1. The zero-order valence-electron chi connectivity index (χ0n) is 11.3. The van der Waals surface area contributed by atoms with E-state index in [4.69, 9.17) is 0 Å². The molecule has 0 aliphatic rings. The molecule has 0 spiro atoms. The van der Waals surface area contributed by atoms with E-state index < -0.39 is 0 Å². The molecule has 0 amide bonds. The highest BCUT2D eigenvalue weighted by Crippen LogP contribution is 2.31. The summed E-state index contributed by atoms with van der Waals surface area (Å²) in [5.74, 6) is 0. The predicted molar refractivity (Wildman–Crippen MR) is 69.4 cm³/mol. The van der Waals surface area contributed by atoms with Gasteiger partial charge in [0.1, 0.15) is 0 Å². The first-order valence-corrected chi connectivity index (χ1v) is 6.20. The van der Waals surface area contributed by atoms with Crippen molar-refractivity contribution in [2.45, 2.75) is 66.2 Å². The second kappa shape index (κ2) is 6.71.